The van der Waals surface area contributed by atoms with Crippen molar-refractivity contribution in [2.75, 3.05) is 25.0 Å². The van der Waals surface area contributed by atoms with E-state index in [0.717, 1.165) is 19.4 Å². The number of carbonyl (C=O) groups excluding carboxylic acids is 1. The van der Waals surface area contributed by atoms with Crippen LogP contribution in [0.15, 0.2) is 23.0 Å². The third-order valence-corrected chi connectivity index (χ3v) is 4.90. The van der Waals surface area contributed by atoms with Crippen molar-refractivity contribution in [3.05, 3.63) is 28.7 Å². The fourth-order valence-electron chi connectivity index (χ4n) is 3.34. The molecule has 0 bridgehead atoms. The molecule has 1 fully saturated rings. The topological polar surface area (TPSA) is 101 Å². The Morgan fingerprint density at radius 2 is 2.17 bits per heavy atom. The molecule has 4 N–H and O–H groups in total. The minimum absolute atomic E-state index is 0.0885. The molecule has 0 aliphatic carbocycles. The van der Waals surface area contributed by atoms with Crippen molar-refractivity contribution in [3.63, 3.8) is 0 Å². The number of rotatable bonds is 4. The van der Waals surface area contributed by atoms with Crippen LogP contribution in [0.1, 0.15) is 26.7 Å². The van der Waals surface area contributed by atoms with Crippen LogP contribution in [0.5, 0.6) is 0 Å². The predicted molar refractivity (Wildman–Crippen MR) is 93.0 cm³/mol. The number of hydrogen-bond donors (Lipinski definition) is 4. The Morgan fingerprint density at radius 1 is 1.42 bits per heavy atom. The summed E-state index contributed by atoms with van der Waals surface area (Å²) in [6, 6.07) is 4.99. The van der Waals surface area contributed by atoms with Crippen LogP contribution in [-0.4, -0.2) is 51.6 Å². The van der Waals surface area contributed by atoms with Gasteiger partial charge < -0.3 is 20.4 Å². The molecule has 0 radical (unpaired) electrons. The Balaban J connectivity index is 1.69. The van der Waals surface area contributed by atoms with Crippen LogP contribution in [0, 0.1) is 5.41 Å². The first kappa shape index (κ1) is 16.7. The first-order valence-electron chi connectivity index (χ1n) is 8.28. The molecule has 0 spiro atoms. The molecule has 2 atom stereocenters. The number of hydrogen-bond acceptors (Lipinski definition) is 4. The van der Waals surface area contributed by atoms with Gasteiger partial charge in [0.1, 0.15) is 0 Å². The van der Waals surface area contributed by atoms with E-state index in [2.05, 4.69) is 27.1 Å². The summed E-state index contributed by atoms with van der Waals surface area (Å²) in [5, 5.41) is 12.5. The van der Waals surface area contributed by atoms with Crippen molar-refractivity contribution in [2.24, 2.45) is 5.41 Å². The normalized spacial score (nSPS) is 23.3. The third-order valence-electron chi connectivity index (χ3n) is 4.90. The summed E-state index contributed by atoms with van der Waals surface area (Å²) in [6.07, 6.45) is 1.96. The molecule has 130 valence electrons. The zero-order chi connectivity index (χ0) is 17.3. The van der Waals surface area contributed by atoms with E-state index in [1.807, 2.05) is 6.92 Å². The van der Waals surface area contributed by atoms with Gasteiger partial charge >= 0.3 is 5.69 Å². The summed E-state index contributed by atoms with van der Waals surface area (Å²) in [5.41, 5.74) is 1.61. The Labute approximate surface area is 140 Å². The molecule has 2 unspecified atom stereocenters. The quantitative estimate of drug-likeness (QED) is 0.677. The van der Waals surface area contributed by atoms with E-state index in [-0.39, 0.29) is 29.7 Å². The van der Waals surface area contributed by atoms with E-state index in [1.54, 1.807) is 18.2 Å². The largest absolute Gasteiger partial charge is 0.396 e. The molecule has 1 aliphatic rings. The molecule has 1 aliphatic heterocycles. The van der Waals surface area contributed by atoms with Gasteiger partial charge in [0, 0.05) is 24.3 Å². The highest BCUT2D eigenvalue weighted by Gasteiger charge is 2.34. The summed E-state index contributed by atoms with van der Waals surface area (Å²) in [6.45, 7) is 5.64. The molecule has 3 rings (SSSR count). The number of aromatic nitrogens is 2. The maximum atomic E-state index is 12.6. The highest BCUT2D eigenvalue weighted by molar-refractivity contribution is 5.96. The SMILES string of the molecule is CC(C(=O)Nc1ccc2[nH]c(=O)[nH]c2c1)N1CCCC(C)(CO)C1. The summed E-state index contributed by atoms with van der Waals surface area (Å²) in [4.78, 5) is 31.3. The van der Waals surface area contributed by atoms with Gasteiger partial charge in [-0.2, -0.15) is 0 Å². The maximum absolute atomic E-state index is 12.6. The van der Waals surface area contributed by atoms with Crippen molar-refractivity contribution in [3.8, 4) is 0 Å². The van der Waals surface area contributed by atoms with Gasteiger partial charge in [-0.25, -0.2) is 4.79 Å². The second kappa shape index (κ2) is 6.41. The second-order valence-corrected chi connectivity index (χ2v) is 7.05. The van der Waals surface area contributed by atoms with E-state index >= 15 is 0 Å². The number of piperidine rings is 1. The average molecular weight is 332 g/mol. The molecule has 1 aromatic heterocycles. The number of imidazole rings is 1. The van der Waals surface area contributed by atoms with Gasteiger partial charge in [-0.15, -0.1) is 0 Å². The Hall–Kier alpha value is -2.12. The summed E-state index contributed by atoms with van der Waals surface area (Å²) >= 11 is 0. The fraction of sp³-hybridized carbons (Fsp3) is 0.529. The zero-order valence-corrected chi connectivity index (χ0v) is 14.1. The Kier molecular flexibility index (Phi) is 4.47. The Morgan fingerprint density at radius 3 is 2.92 bits per heavy atom. The van der Waals surface area contributed by atoms with Crippen LogP contribution in [-0.2, 0) is 4.79 Å². The number of anilines is 1. The van der Waals surface area contributed by atoms with Gasteiger partial charge in [0.05, 0.1) is 17.1 Å². The fourth-order valence-corrected chi connectivity index (χ4v) is 3.34. The highest BCUT2D eigenvalue weighted by atomic mass is 16.3. The van der Waals surface area contributed by atoms with Crippen LogP contribution in [0.25, 0.3) is 11.0 Å². The number of likely N-dealkylation sites (tertiary alicyclic amines) is 1. The molecule has 1 saturated heterocycles. The van der Waals surface area contributed by atoms with Crippen molar-refractivity contribution < 1.29 is 9.90 Å². The van der Waals surface area contributed by atoms with Crippen molar-refractivity contribution in [1.82, 2.24) is 14.9 Å². The molecule has 24 heavy (non-hydrogen) atoms. The minimum Gasteiger partial charge on any atom is -0.396 e. The van der Waals surface area contributed by atoms with E-state index in [4.69, 9.17) is 0 Å². The number of H-pyrrole nitrogens is 2. The first-order valence-corrected chi connectivity index (χ1v) is 8.28. The molecule has 2 heterocycles. The second-order valence-electron chi connectivity index (χ2n) is 7.05. The van der Waals surface area contributed by atoms with Crippen molar-refractivity contribution in [1.29, 1.82) is 0 Å². The van der Waals surface area contributed by atoms with E-state index in [0.29, 0.717) is 23.3 Å². The number of carbonyl (C=O) groups is 1. The number of nitrogens with zero attached hydrogens (tertiary/aromatic N) is 1. The molecule has 2 aromatic rings. The molecule has 1 aromatic carbocycles. The van der Waals surface area contributed by atoms with Crippen LogP contribution in [0.3, 0.4) is 0 Å². The average Bonchev–Trinajstić information content (AvgIpc) is 2.93. The zero-order valence-electron chi connectivity index (χ0n) is 14.1. The predicted octanol–water partition coefficient (Wildman–Crippen LogP) is 1.28. The highest BCUT2D eigenvalue weighted by Crippen LogP contribution is 2.30. The molecule has 1 amide bonds. The lowest BCUT2D eigenvalue weighted by molar-refractivity contribution is -0.122. The summed E-state index contributed by atoms with van der Waals surface area (Å²) in [7, 11) is 0. The van der Waals surface area contributed by atoms with Crippen LogP contribution in [0.4, 0.5) is 5.69 Å². The van der Waals surface area contributed by atoms with Crippen molar-refractivity contribution in [2.45, 2.75) is 32.7 Å². The van der Waals surface area contributed by atoms with Gasteiger partial charge in [0.15, 0.2) is 0 Å². The number of amides is 1. The lowest BCUT2D eigenvalue weighted by atomic mass is 9.82. The number of aromatic amines is 2. The lowest BCUT2D eigenvalue weighted by Gasteiger charge is -2.41. The molecular formula is C17H24N4O3. The molecule has 7 nitrogen and oxygen atoms in total. The van der Waals surface area contributed by atoms with E-state index < -0.39 is 0 Å². The van der Waals surface area contributed by atoms with Crippen molar-refractivity contribution >= 4 is 22.6 Å². The third kappa shape index (κ3) is 3.37. The number of benzene rings is 1. The number of nitrogens with one attached hydrogen (secondary N) is 3. The van der Waals surface area contributed by atoms with E-state index in [9.17, 15) is 14.7 Å². The van der Waals surface area contributed by atoms with Gasteiger partial charge in [-0.3, -0.25) is 9.69 Å². The van der Waals surface area contributed by atoms with Gasteiger partial charge in [0.2, 0.25) is 5.91 Å². The monoisotopic (exact) mass is 332 g/mol. The van der Waals surface area contributed by atoms with Crippen LogP contribution in [0.2, 0.25) is 0 Å². The van der Waals surface area contributed by atoms with E-state index in [1.165, 1.54) is 0 Å². The summed E-state index contributed by atoms with van der Waals surface area (Å²) < 4.78 is 0. The maximum Gasteiger partial charge on any atom is 0.323 e. The lowest BCUT2D eigenvalue weighted by Crippen LogP contribution is -2.51. The standard InChI is InChI=1S/C17H24N4O3/c1-11(21-7-3-6-17(2,9-21)10-22)15(23)18-12-4-5-13-14(8-12)20-16(24)19-13/h4-5,8,11,22H,3,6-7,9-10H2,1-2H3,(H,18,23)(H2,19,20,24). The number of aliphatic hydroxyl groups is 1. The molecular weight excluding hydrogens is 308 g/mol. The first-order chi connectivity index (χ1) is 11.4. The number of fused-ring (bicyclic) bond motifs is 1. The minimum atomic E-state index is -0.280. The van der Waals surface area contributed by atoms with Gasteiger partial charge in [0.25, 0.3) is 0 Å². The smallest absolute Gasteiger partial charge is 0.323 e. The van der Waals surface area contributed by atoms with Crippen LogP contribution >= 0.6 is 0 Å². The number of aliphatic hydroxyl groups excluding tert-OH is 1. The molecule has 0 saturated carbocycles. The Bertz CT molecular complexity index is 796. The van der Waals surface area contributed by atoms with Crippen LogP contribution < -0.4 is 11.0 Å². The van der Waals surface area contributed by atoms with Gasteiger partial charge in [-0.1, -0.05) is 6.92 Å². The molecule has 7 heteroatoms. The van der Waals surface area contributed by atoms with Gasteiger partial charge in [-0.05, 0) is 44.5 Å². The summed E-state index contributed by atoms with van der Waals surface area (Å²) in [5.74, 6) is -0.0885.